The first kappa shape index (κ1) is 26.5. The van der Waals surface area contributed by atoms with E-state index >= 15 is 0 Å². The molecule has 0 spiro atoms. The zero-order valence-electron chi connectivity index (χ0n) is 21.5. The van der Waals surface area contributed by atoms with Gasteiger partial charge in [-0.1, -0.05) is 11.6 Å². The fourth-order valence-electron chi connectivity index (χ4n) is 5.36. The van der Waals surface area contributed by atoms with Gasteiger partial charge in [0, 0.05) is 36.9 Å². The third-order valence-electron chi connectivity index (χ3n) is 7.50. The smallest absolute Gasteiger partial charge is 0.263 e. The number of ether oxygens (including phenoxy) is 3. The van der Waals surface area contributed by atoms with Gasteiger partial charge in [0.2, 0.25) is 5.88 Å². The van der Waals surface area contributed by atoms with E-state index in [1.807, 2.05) is 0 Å². The number of amides is 1. The van der Waals surface area contributed by atoms with Gasteiger partial charge < -0.3 is 24.8 Å². The van der Waals surface area contributed by atoms with Crippen molar-refractivity contribution in [2.45, 2.75) is 50.6 Å². The lowest BCUT2D eigenvalue weighted by Crippen LogP contribution is -2.51. The average Bonchev–Trinajstić information content (AvgIpc) is 2.92. The van der Waals surface area contributed by atoms with E-state index in [0.717, 1.165) is 32.1 Å². The average molecular weight is 544 g/mol. The van der Waals surface area contributed by atoms with Crippen molar-refractivity contribution in [3.63, 3.8) is 0 Å². The molecular formula is C27H31ClFN5O4. The van der Waals surface area contributed by atoms with Crippen LogP contribution in [0, 0.1) is 11.7 Å². The molecule has 1 fully saturated rings. The second kappa shape index (κ2) is 11.3. The van der Waals surface area contributed by atoms with Crippen molar-refractivity contribution in [3.8, 4) is 11.6 Å². The largest absolute Gasteiger partial charge is 0.481 e. The summed E-state index contributed by atoms with van der Waals surface area (Å²) in [5, 5.41) is 6.84. The maximum Gasteiger partial charge on any atom is 0.263 e. The predicted octanol–water partition coefficient (Wildman–Crippen LogP) is 4.45. The molecule has 0 saturated heterocycles. The minimum Gasteiger partial charge on any atom is -0.481 e. The summed E-state index contributed by atoms with van der Waals surface area (Å²) >= 11 is 6.46. The fourth-order valence-corrected chi connectivity index (χ4v) is 5.57. The summed E-state index contributed by atoms with van der Waals surface area (Å²) in [4.78, 5) is 24.8. The molecule has 4 heterocycles. The van der Waals surface area contributed by atoms with E-state index in [1.54, 1.807) is 32.4 Å². The van der Waals surface area contributed by atoms with E-state index < -0.39 is 0 Å². The van der Waals surface area contributed by atoms with E-state index in [2.05, 4.69) is 25.6 Å². The molecule has 0 unspecified atom stereocenters. The summed E-state index contributed by atoms with van der Waals surface area (Å²) in [5.41, 5.74) is 2.22. The molecule has 9 nitrogen and oxygen atoms in total. The number of aromatic nitrogens is 3. The Balaban J connectivity index is 1.22. The van der Waals surface area contributed by atoms with Crippen LogP contribution in [0.5, 0.6) is 11.6 Å². The van der Waals surface area contributed by atoms with Gasteiger partial charge >= 0.3 is 0 Å². The number of rotatable bonds is 9. The molecule has 38 heavy (non-hydrogen) atoms. The Hall–Kier alpha value is -3.08. The molecule has 1 aliphatic carbocycles. The molecule has 0 aromatic carbocycles. The van der Waals surface area contributed by atoms with Crippen molar-refractivity contribution in [1.29, 1.82) is 0 Å². The SMILES string of the molecule is COCC1(NCc2nc3c(cc2Cl)OCC(=O)N3)CCC(CCc2c(F)cnc3ccc(OC)nc23)CC1. The van der Waals surface area contributed by atoms with Crippen molar-refractivity contribution < 1.29 is 23.4 Å². The first-order valence-electron chi connectivity index (χ1n) is 12.7. The lowest BCUT2D eigenvalue weighted by molar-refractivity contribution is -0.118. The van der Waals surface area contributed by atoms with E-state index in [1.165, 1.54) is 6.20 Å². The number of aryl methyl sites for hydroxylation is 1. The number of pyridine rings is 3. The Morgan fingerprint density at radius 1 is 1.26 bits per heavy atom. The number of nitrogens with zero attached hydrogens (tertiary/aromatic N) is 3. The standard InChI is InChI=1S/C27H31ClFN5O4/c1-36-15-27(31-13-21-18(28)11-22-26(32-21)33-23(35)14-38-22)9-7-16(8-10-27)3-4-17-19(29)12-30-20-5-6-24(37-2)34-25(17)20/h5-6,11-12,16,31H,3-4,7-10,13-15H2,1-2H3,(H,32,33,35). The molecule has 3 aromatic rings. The van der Waals surface area contributed by atoms with E-state index in [0.29, 0.717) is 70.3 Å². The number of anilines is 1. The predicted molar refractivity (Wildman–Crippen MR) is 141 cm³/mol. The maximum absolute atomic E-state index is 14.7. The number of methoxy groups -OCH3 is 2. The topological polar surface area (TPSA) is 107 Å². The number of hydrogen-bond acceptors (Lipinski definition) is 8. The molecule has 11 heteroatoms. The molecule has 3 aromatic heterocycles. The third kappa shape index (κ3) is 5.67. The van der Waals surface area contributed by atoms with Crippen LogP contribution >= 0.6 is 11.6 Å². The van der Waals surface area contributed by atoms with Crippen molar-refractivity contribution in [2.75, 3.05) is 32.8 Å². The van der Waals surface area contributed by atoms with Gasteiger partial charge in [0.1, 0.15) is 5.82 Å². The second-order valence-corrected chi connectivity index (χ2v) is 10.4. The fraction of sp³-hybridized carbons (Fsp3) is 0.481. The van der Waals surface area contributed by atoms with Gasteiger partial charge in [0.05, 0.1) is 41.7 Å². The van der Waals surface area contributed by atoms with Crippen molar-refractivity contribution in [2.24, 2.45) is 5.92 Å². The monoisotopic (exact) mass is 543 g/mol. The first-order valence-corrected chi connectivity index (χ1v) is 13.1. The maximum atomic E-state index is 14.7. The number of halogens is 2. The van der Waals surface area contributed by atoms with Crippen molar-refractivity contribution in [3.05, 3.63) is 46.5 Å². The van der Waals surface area contributed by atoms with Crippen LogP contribution in [0.4, 0.5) is 10.2 Å². The van der Waals surface area contributed by atoms with Gasteiger partial charge in [-0.3, -0.25) is 9.78 Å². The van der Waals surface area contributed by atoms with Crippen molar-refractivity contribution >= 4 is 34.4 Å². The summed E-state index contributed by atoms with van der Waals surface area (Å²) in [6.07, 6.45) is 6.48. The zero-order valence-corrected chi connectivity index (χ0v) is 22.2. The highest BCUT2D eigenvalue weighted by molar-refractivity contribution is 6.31. The van der Waals surface area contributed by atoms with Gasteiger partial charge in [-0.05, 0) is 50.5 Å². The third-order valence-corrected chi connectivity index (χ3v) is 7.82. The van der Waals surface area contributed by atoms with Crippen LogP contribution < -0.4 is 20.1 Å². The lowest BCUT2D eigenvalue weighted by atomic mass is 9.75. The van der Waals surface area contributed by atoms with Gasteiger partial charge in [-0.25, -0.2) is 14.4 Å². The number of carbonyl (C=O) groups is 1. The molecule has 1 amide bonds. The summed E-state index contributed by atoms with van der Waals surface area (Å²) in [7, 11) is 3.25. The quantitative estimate of drug-likeness (QED) is 0.407. The van der Waals surface area contributed by atoms with Crippen LogP contribution in [0.1, 0.15) is 43.4 Å². The molecule has 0 bridgehead atoms. The molecule has 1 saturated carbocycles. The highest BCUT2D eigenvalue weighted by atomic mass is 35.5. The van der Waals surface area contributed by atoms with Crippen LogP contribution in [0.3, 0.4) is 0 Å². The number of nitrogens with one attached hydrogen (secondary N) is 2. The Morgan fingerprint density at radius 2 is 2.08 bits per heavy atom. The van der Waals surface area contributed by atoms with Gasteiger partial charge in [-0.2, -0.15) is 0 Å². The van der Waals surface area contributed by atoms with Crippen LogP contribution in [-0.2, 0) is 22.5 Å². The molecule has 2 aliphatic rings. The minimum absolute atomic E-state index is 0.0462. The van der Waals surface area contributed by atoms with Gasteiger partial charge in [0.25, 0.3) is 5.91 Å². The Kier molecular flexibility index (Phi) is 7.92. The normalized spacial score (nSPS) is 21.1. The van der Waals surface area contributed by atoms with Gasteiger partial charge in [-0.15, -0.1) is 0 Å². The molecule has 2 N–H and O–H groups in total. The molecule has 1 aliphatic heterocycles. The van der Waals surface area contributed by atoms with Crippen LogP contribution in [0.25, 0.3) is 11.0 Å². The van der Waals surface area contributed by atoms with Crippen LogP contribution in [-0.4, -0.2) is 53.8 Å². The first-order chi connectivity index (χ1) is 18.4. The van der Waals surface area contributed by atoms with Crippen LogP contribution in [0.15, 0.2) is 24.4 Å². The minimum atomic E-state index is -0.333. The zero-order chi connectivity index (χ0) is 26.7. The van der Waals surface area contributed by atoms with E-state index in [9.17, 15) is 9.18 Å². The lowest BCUT2D eigenvalue weighted by Gasteiger charge is -2.41. The van der Waals surface area contributed by atoms with Crippen LogP contribution in [0.2, 0.25) is 5.02 Å². The van der Waals surface area contributed by atoms with E-state index in [4.69, 9.17) is 25.8 Å². The highest BCUT2D eigenvalue weighted by Crippen LogP contribution is 2.37. The van der Waals surface area contributed by atoms with Crippen molar-refractivity contribution in [1.82, 2.24) is 20.3 Å². The molecule has 202 valence electrons. The Labute approximate surface area is 225 Å². The highest BCUT2D eigenvalue weighted by Gasteiger charge is 2.35. The summed E-state index contributed by atoms with van der Waals surface area (Å²) < 4.78 is 31.0. The number of fused-ring (bicyclic) bond motifs is 2. The van der Waals surface area contributed by atoms with Gasteiger partial charge in [0.15, 0.2) is 18.2 Å². The summed E-state index contributed by atoms with van der Waals surface area (Å²) in [6.45, 7) is 0.933. The molecular weight excluding hydrogens is 513 g/mol. The molecule has 5 rings (SSSR count). The molecule has 0 radical (unpaired) electrons. The summed E-state index contributed by atoms with van der Waals surface area (Å²) in [5.74, 6) is 1.18. The Morgan fingerprint density at radius 3 is 2.84 bits per heavy atom. The molecule has 0 atom stereocenters. The second-order valence-electron chi connectivity index (χ2n) is 9.96. The number of carbonyl (C=O) groups excluding carboxylic acids is 1. The Bertz CT molecular complexity index is 1330. The van der Waals surface area contributed by atoms with E-state index in [-0.39, 0.29) is 23.9 Å². The number of hydrogen-bond donors (Lipinski definition) is 2. The summed E-state index contributed by atoms with van der Waals surface area (Å²) in [6, 6.07) is 5.23.